The lowest BCUT2D eigenvalue weighted by atomic mass is 10.1. The van der Waals surface area contributed by atoms with Gasteiger partial charge in [0.1, 0.15) is 5.75 Å². The number of nitriles is 1. The van der Waals surface area contributed by atoms with Gasteiger partial charge in [-0.15, -0.1) is 0 Å². The highest BCUT2D eigenvalue weighted by molar-refractivity contribution is 5.93. The zero-order chi connectivity index (χ0) is 16.1. The molecule has 4 nitrogen and oxygen atoms in total. The summed E-state index contributed by atoms with van der Waals surface area (Å²) in [5, 5.41) is 13.5. The van der Waals surface area contributed by atoms with Crippen LogP contribution in [0.5, 0.6) is 5.75 Å². The van der Waals surface area contributed by atoms with Crippen LogP contribution in [0, 0.1) is 11.3 Å². The molecule has 0 bridgehead atoms. The summed E-state index contributed by atoms with van der Waals surface area (Å²) < 4.78 is 5.63. The molecule has 0 saturated carbocycles. The van der Waals surface area contributed by atoms with E-state index >= 15 is 0 Å². The first-order chi connectivity index (χ1) is 11.3. The van der Waals surface area contributed by atoms with E-state index in [2.05, 4.69) is 5.32 Å². The number of nitrogens with one attached hydrogen (secondary N) is 1. The maximum Gasteiger partial charge on any atom is 0.262 e. The number of rotatable bonds is 4. The average molecular weight is 302 g/mol. The topological polar surface area (TPSA) is 62.1 Å². The quantitative estimate of drug-likeness (QED) is 0.798. The Kier molecular flexibility index (Phi) is 4.21. The number of nitrogens with zero attached hydrogens (tertiary/aromatic N) is 1. The van der Waals surface area contributed by atoms with Crippen molar-refractivity contribution >= 4 is 22.4 Å². The molecular formula is C19H14N2O2. The molecule has 0 aliphatic rings. The van der Waals surface area contributed by atoms with E-state index in [0.29, 0.717) is 17.0 Å². The van der Waals surface area contributed by atoms with Crippen molar-refractivity contribution in [2.24, 2.45) is 0 Å². The van der Waals surface area contributed by atoms with Gasteiger partial charge in [0.05, 0.1) is 11.6 Å². The second-order valence-corrected chi connectivity index (χ2v) is 5.00. The van der Waals surface area contributed by atoms with Crippen LogP contribution in [0.3, 0.4) is 0 Å². The van der Waals surface area contributed by atoms with Gasteiger partial charge in [-0.1, -0.05) is 36.4 Å². The Balaban J connectivity index is 1.65. The average Bonchev–Trinajstić information content (AvgIpc) is 2.60. The minimum absolute atomic E-state index is 0.0754. The highest BCUT2D eigenvalue weighted by Gasteiger charge is 2.06. The van der Waals surface area contributed by atoms with E-state index in [9.17, 15) is 4.79 Å². The van der Waals surface area contributed by atoms with Gasteiger partial charge in [0, 0.05) is 11.1 Å². The first kappa shape index (κ1) is 14.6. The zero-order valence-electron chi connectivity index (χ0n) is 12.3. The molecule has 3 aromatic carbocycles. The summed E-state index contributed by atoms with van der Waals surface area (Å²) in [5.41, 5.74) is 1.19. The first-order valence-corrected chi connectivity index (χ1v) is 7.17. The van der Waals surface area contributed by atoms with E-state index in [1.54, 1.807) is 24.3 Å². The van der Waals surface area contributed by atoms with Gasteiger partial charge in [-0.3, -0.25) is 4.79 Å². The summed E-state index contributed by atoms with van der Waals surface area (Å²) >= 11 is 0. The number of fused-ring (bicyclic) bond motifs is 1. The van der Waals surface area contributed by atoms with Crippen molar-refractivity contribution in [3.63, 3.8) is 0 Å². The van der Waals surface area contributed by atoms with Crippen molar-refractivity contribution < 1.29 is 9.53 Å². The summed E-state index contributed by atoms with van der Waals surface area (Å²) in [7, 11) is 0. The van der Waals surface area contributed by atoms with Crippen LogP contribution < -0.4 is 10.1 Å². The van der Waals surface area contributed by atoms with Gasteiger partial charge >= 0.3 is 0 Å². The van der Waals surface area contributed by atoms with Gasteiger partial charge in [-0.2, -0.15) is 5.26 Å². The Morgan fingerprint density at radius 2 is 1.74 bits per heavy atom. The van der Waals surface area contributed by atoms with Gasteiger partial charge in [0.15, 0.2) is 6.61 Å². The van der Waals surface area contributed by atoms with Gasteiger partial charge in [-0.05, 0) is 35.7 Å². The summed E-state index contributed by atoms with van der Waals surface area (Å²) in [6.45, 7) is -0.0754. The van der Waals surface area contributed by atoms with E-state index in [4.69, 9.17) is 10.00 Å². The number of anilines is 1. The van der Waals surface area contributed by atoms with Crippen LogP contribution in [0.15, 0.2) is 66.7 Å². The molecular weight excluding hydrogens is 288 g/mol. The van der Waals surface area contributed by atoms with Crippen molar-refractivity contribution in [2.75, 3.05) is 11.9 Å². The van der Waals surface area contributed by atoms with Crippen LogP contribution in [0.1, 0.15) is 5.56 Å². The van der Waals surface area contributed by atoms with E-state index in [-0.39, 0.29) is 12.5 Å². The van der Waals surface area contributed by atoms with Crippen LogP contribution in [-0.4, -0.2) is 12.5 Å². The number of benzene rings is 3. The molecule has 0 saturated heterocycles. The zero-order valence-corrected chi connectivity index (χ0v) is 12.3. The molecule has 0 aliphatic carbocycles. The first-order valence-electron chi connectivity index (χ1n) is 7.17. The number of carbonyl (C=O) groups is 1. The molecule has 3 rings (SSSR count). The Hall–Kier alpha value is -3.32. The molecule has 0 heterocycles. The third kappa shape index (κ3) is 3.47. The van der Waals surface area contributed by atoms with Gasteiger partial charge in [-0.25, -0.2) is 0 Å². The van der Waals surface area contributed by atoms with Gasteiger partial charge in [0.25, 0.3) is 5.91 Å². The van der Waals surface area contributed by atoms with Crippen LogP contribution in [0.4, 0.5) is 5.69 Å². The normalized spacial score (nSPS) is 10.0. The van der Waals surface area contributed by atoms with Crippen molar-refractivity contribution in [1.82, 2.24) is 0 Å². The predicted octanol–water partition coefficient (Wildman–Crippen LogP) is 3.73. The SMILES string of the molecule is N#Cc1ccc(NC(=O)COc2cccc3ccccc23)cc1. The third-order valence-corrected chi connectivity index (χ3v) is 3.41. The second kappa shape index (κ2) is 6.63. The fourth-order valence-electron chi connectivity index (χ4n) is 2.29. The summed E-state index contributed by atoms with van der Waals surface area (Å²) in [4.78, 5) is 12.0. The Morgan fingerprint density at radius 3 is 2.52 bits per heavy atom. The molecule has 0 aliphatic heterocycles. The number of carbonyl (C=O) groups excluding carboxylic acids is 1. The smallest absolute Gasteiger partial charge is 0.262 e. The maximum atomic E-state index is 12.0. The molecule has 0 unspecified atom stereocenters. The predicted molar refractivity (Wildman–Crippen MR) is 89.2 cm³/mol. The molecule has 23 heavy (non-hydrogen) atoms. The molecule has 4 heteroatoms. The summed E-state index contributed by atoms with van der Waals surface area (Å²) in [6.07, 6.45) is 0. The number of amides is 1. The highest BCUT2D eigenvalue weighted by Crippen LogP contribution is 2.25. The maximum absolute atomic E-state index is 12.0. The van der Waals surface area contributed by atoms with Crippen molar-refractivity contribution in [2.45, 2.75) is 0 Å². The van der Waals surface area contributed by atoms with Crippen molar-refractivity contribution in [1.29, 1.82) is 5.26 Å². The molecule has 0 fully saturated rings. The van der Waals surface area contributed by atoms with Crippen LogP contribution >= 0.6 is 0 Å². The van der Waals surface area contributed by atoms with E-state index in [1.165, 1.54) is 0 Å². The monoisotopic (exact) mass is 302 g/mol. The molecule has 1 amide bonds. The molecule has 0 aromatic heterocycles. The molecule has 0 atom stereocenters. The van der Waals surface area contributed by atoms with Gasteiger partial charge < -0.3 is 10.1 Å². The van der Waals surface area contributed by atoms with Crippen LogP contribution in [0.2, 0.25) is 0 Å². The van der Waals surface area contributed by atoms with Crippen LogP contribution in [-0.2, 0) is 4.79 Å². The van der Waals surface area contributed by atoms with Crippen LogP contribution in [0.25, 0.3) is 10.8 Å². The Bertz CT molecular complexity index is 875. The number of hydrogen-bond acceptors (Lipinski definition) is 3. The molecule has 3 aromatic rings. The standard InChI is InChI=1S/C19H14N2O2/c20-12-14-8-10-16(11-9-14)21-19(22)13-23-18-7-3-5-15-4-1-2-6-17(15)18/h1-11H,13H2,(H,21,22). The van der Waals surface area contributed by atoms with Gasteiger partial charge in [0.2, 0.25) is 0 Å². The lowest BCUT2D eigenvalue weighted by Gasteiger charge is -2.10. The minimum atomic E-state index is -0.248. The summed E-state index contributed by atoms with van der Waals surface area (Å²) in [6, 6.07) is 22.3. The van der Waals surface area contributed by atoms with E-state index in [1.807, 2.05) is 48.5 Å². The molecule has 0 spiro atoms. The largest absolute Gasteiger partial charge is 0.483 e. The fourth-order valence-corrected chi connectivity index (χ4v) is 2.29. The molecule has 0 radical (unpaired) electrons. The fraction of sp³-hybridized carbons (Fsp3) is 0.0526. The minimum Gasteiger partial charge on any atom is -0.483 e. The Morgan fingerprint density at radius 1 is 1.00 bits per heavy atom. The Labute approximate surface area is 133 Å². The highest BCUT2D eigenvalue weighted by atomic mass is 16.5. The molecule has 1 N–H and O–H groups in total. The van der Waals surface area contributed by atoms with Crippen molar-refractivity contribution in [3.05, 3.63) is 72.3 Å². The lowest BCUT2D eigenvalue weighted by molar-refractivity contribution is -0.118. The lowest BCUT2D eigenvalue weighted by Crippen LogP contribution is -2.20. The second-order valence-electron chi connectivity index (χ2n) is 5.00. The number of hydrogen-bond donors (Lipinski definition) is 1. The van der Waals surface area contributed by atoms with E-state index < -0.39 is 0 Å². The summed E-state index contributed by atoms with van der Waals surface area (Å²) in [5.74, 6) is 0.431. The van der Waals surface area contributed by atoms with Crippen molar-refractivity contribution in [3.8, 4) is 11.8 Å². The third-order valence-electron chi connectivity index (χ3n) is 3.41. The number of ether oxygens (including phenoxy) is 1. The molecule has 112 valence electrons. The van der Waals surface area contributed by atoms with E-state index in [0.717, 1.165) is 10.8 Å².